The second kappa shape index (κ2) is 8.72. The molecule has 0 saturated carbocycles. The Kier molecular flexibility index (Phi) is 6.30. The Morgan fingerprint density at radius 1 is 0.828 bits per heavy atom. The van der Waals surface area contributed by atoms with Crippen molar-refractivity contribution < 1.29 is 18.0 Å². The summed E-state index contributed by atoms with van der Waals surface area (Å²) >= 11 is 5.86. The second-order valence-electron chi connectivity index (χ2n) is 6.71. The number of ketones is 2. The smallest absolute Gasteiger partial charge is 0.189 e. The van der Waals surface area contributed by atoms with Crippen molar-refractivity contribution in [1.82, 2.24) is 0 Å². The Balaban J connectivity index is 2.01. The van der Waals surface area contributed by atoms with Crippen molar-refractivity contribution in [3.05, 3.63) is 101 Å². The number of hydrogen-bond acceptors (Lipinski definition) is 4. The average molecular weight is 427 g/mol. The molecule has 0 amide bonds. The third-order valence-electron chi connectivity index (χ3n) is 4.61. The molecule has 148 valence electrons. The van der Waals surface area contributed by atoms with Gasteiger partial charge in [-0.25, -0.2) is 8.42 Å². The zero-order valence-electron chi connectivity index (χ0n) is 15.7. The molecule has 0 radical (unpaired) electrons. The molecular weight excluding hydrogens is 408 g/mol. The third-order valence-corrected chi connectivity index (χ3v) is 6.92. The van der Waals surface area contributed by atoms with E-state index in [1.54, 1.807) is 54.6 Å². The summed E-state index contributed by atoms with van der Waals surface area (Å²) in [6.45, 7) is 1.84. The summed E-state index contributed by atoms with van der Waals surface area (Å²) in [7, 11) is -4.07. The van der Waals surface area contributed by atoms with Gasteiger partial charge in [-0.15, -0.1) is 0 Å². The Morgan fingerprint density at radius 2 is 1.41 bits per heavy atom. The first kappa shape index (κ1) is 21.0. The molecule has 0 bridgehead atoms. The Hall–Kier alpha value is -2.76. The fourth-order valence-corrected chi connectivity index (χ4v) is 4.70. The first-order valence-corrected chi connectivity index (χ1v) is 10.9. The SMILES string of the molecule is Cc1ccc(S(=O)(=O)[C@H](CC(=O)c2ccc(Cl)cc2)C(=O)c2ccccc2)cc1. The molecule has 3 aromatic rings. The summed E-state index contributed by atoms with van der Waals surface area (Å²) in [6, 6.07) is 20.5. The van der Waals surface area contributed by atoms with Gasteiger partial charge in [-0.1, -0.05) is 59.6 Å². The van der Waals surface area contributed by atoms with Gasteiger partial charge < -0.3 is 0 Å². The van der Waals surface area contributed by atoms with E-state index in [-0.39, 0.29) is 10.5 Å². The van der Waals surface area contributed by atoms with Crippen LogP contribution in [0.5, 0.6) is 0 Å². The normalized spacial score (nSPS) is 12.3. The largest absolute Gasteiger partial charge is 0.294 e. The predicted octanol–water partition coefficient (Wildman–Crippen LogP) is 4.95. The number of aryl methyl sites for hydroxylation is 1. The molecule has 0 aliphatic heterocycles. The monoisotopic (exact) mass is 426 g/mol. The van der Waals surface area contributed by atoms with Gasteiger partial charge in [-0.05, 0) is 43.3 Å². The van der Waals surface area contributed by atoms with E-state index in [2.05, 4.69) is 0 Å². The van der Waals surface area contributed by atoms with Crippen molar-refractivity contribution in [2.24, 2.45) is 0 Å². The zero-order chi connectivity index (χ0) is 21.0. The fraction of sp³-hybridized carbons (Fsp3) is 0.130. The van der Waals surface area contributed by atoms with Crippen molar-refractivity contribution in [2.75, 3.05) is 0 Å². The fourth-order valence-electron chi connectivity index (χ4n) is 2.95. The number of hydrogen-bond donors (Lipinski definition) is 0. The van der Waals surface area contributed by atoms with E-state index in [0.29, 0.717) is 10.6 Å². The molecule has 0 spiro atoms. The quantitative estimate of drug-likeness (QED) is 0.501. The van der Waals surface area contributed by atoms with E-state index >= 15 is 0 Å². The van der Waals surface area contributed by atoms with Crippen LogP contribution in [0.25, 0.3) is 0 Å². The maximum Gasteiger partial charge on any atom is 0.189 e. The average Bonchev–Trinajstić information content (AvgIpc) is 2.72. The number of sulfone groups is 1. The molecule has 0 heterocycles. The van der Waals surface area contributed by atoms with Crippen LogP contribution in [0.1, 0.15) is 32.7 Å². The molecule has 0 aromatic heterocycles. The van der Waals surface area contributed by atoms with Crippen LogP contribution in [-0.2, 0) is 9.84 Å². The van der Waals surface area contributed by atoms with Crippen LogP contribution in [0.3, 0.4) is 0 Å². The highest BCUT2D eigenvalue weighted by Crippen LogP contribution is 2.24. The molecule has 0 saturated heterocycles. The van der Waals surface area contributed by atoms with Crippen molar-refractivity contribution >= 4 is 33.0 Å². The molecule has 29 heavy (non-hydrogen) atoms. The summed E-state index contributed by atoms with van der Waals surface area (Å²) in [5.74, 6) is -1.04. The first-order chi connectivity index (χ1) is 13.8. The molecule has 0 aliphatic rings. The van der Waals surface area contributed by atoms with Gasteiger partial charge in [0.05, 0.1) is 4.90 Å². The van der Waals surface area contributed by atoms with E-state index in [1.807, 2.05) is 6.92 Å². The number of halogens is 1. The van der Waals surface area contributed by atoms with E-state index in [1.165, 1.54) is 24.3 Å². The van der Waals surface area contributed by atoms with Crippen LogP contribution in [0, 0.1) is 6.92 Å². The lowest BCUT2D eigenvalue weighted by atomic mass is 10.0. The van der Waals surface area contributed by atoms with Crippen LogP contribution in [0.4, 0.5) is 0 Å². The maximum atomic E-state index is 13.3. The molecule has 0 fully saturated rings. The first-order valence-electron chi connectivity index (χ1n) is 8.97. The Labute approximate surface area is 175 Å². The van der Waals surface area contributed by atoms with E-state index < -0.39 is 33.1 Å². The van der Waals surface area contributed by atoms with Gasteiger partial charge in [0.15, 0.2) is 21.4 Å². The molecule has 1 atom stereocenters. The minimum Gasteiger partial charge on any atom is -0.294 e. The molecule has 3 rings (SSSR count). The summed E-state index contributed by atoms with van der Waals surface area (Å²) in [6.07, 6.45) is -0.453. The highest BCUT2D eigenvalue weighted by molar-refractivity contribution is 7.92. The highest BCUT2D eigenvalue weighted by atomic mass is 35.5. The van der Waals surface area contributed by atoms with E-state index in [9.17, 15) is 18.0 Å². The number of carbonyl (C=O) groups excluding carboxylic acids is 2. The molecule has 0 aliphatic carbocycles. The van der Waals surface area contributed by atoms with E-state index in [4.69, 9.17) is 11.6 Å². The standard InChI is InChI=1S/C23H19ClO4S/c1-16-7-13-20(14-8-16)29(27,28)22(23(26)18-5-3-2-4-6-18)15-21(25)17-9-11-19(24)12-10-17/h2-14,22H,15H2,1H3/t22-/m1/s1. The maximum absolute atomic E-state index is 13.3. The summed E-state index contributed by atoms with van der Waals surface area (Å²) in [5.41, 5.74) is 1.45. The van der Waals surface area contributed by atoms with Gasteiger partial charge in [-0.2, -0.15) is 0 Å². The molecule has 4 nitrogen and oxygen atoms in total. The minimum atomic E-state index is -4.07. The van der Waals surface area contributed by atoms with Gasteiger partial charge in [0.2, 0.25) is 0 Å². The number of carbonyl (C=O) groups is 2. The van der Waals surface area contributed by atoms with Crippen molar-refractivity contribution in [2.45, 2.75) is 23.5 Å². The van der Waals surface area contributed by atoms with E-state index in [0.717, 1.165) is 5.56 Å². The highest BCUT2D eigenvalue weighted by Gasteiger charge is 2.36. The number of Topliss-reactive ketones (excluding diaryl/α,β-unsaturated/α-hetero) is 2. The van der Waals surface area contributed by atoms with Gasteiger partial charge in [0.25, 0.3) is 0 Å². The topological polar surface area (TPSA) is 68.3 Å². The van der Waals surface area contributed by atoms with Crippen LogP contribution in [-0.4, -0.2) is 25.2 Å². The lowest BCUT2D eigenvalue weighted by Gasteiger charge is -2.17. The third kappa shape index (κ3) is 4.81. The van der Waals surface area contributed by atoms with Crippen LogP contribution >= 0.6 is 11.6 Å². The number of rotatable bonds is 7. The van der Waals surface area contributed by atoms with Crippen molar-refractivity contribution in [3.8, 4) is 0 Å². The number of benzene rings is 3. The van der Waals surface area contributed by atoms with Crippen LogP contribution < -0.4 is 0 Å². The zero-order valence-corrected chi connectivity index (χ0v) is 17.3. The lowest BCUT2D eigenvalue weighted by molar-refractivity contribution is 0.0920. The Bertz CT molecular complexity index is 1120. The molecule has 3 aromatic carbocycles. The Morgan fingerprint density at radius 3 is 2.00 bits per heavy atom. The molecule has 6 heteroatoms. The van der Waals surface area contributed by atoms with Crippen molar-refractivity contribution in [3.63, 3.8) is 0 Å². The van der Waals surface area contributed by atoms with Crippen LogP contribution in [0.2, 0.25) is 5.02 Å². The summed E-state index contributed by atoms with van der Waals surface area (Å²) in [4.78, 5) is 25.9. The minimum absolute atomic E-state index is 0.0151. The van der Waals surface area contributed by atoms with Crippen LogP contribution in [0.15, 0.2) is 83.8 Å². The summed E-state index contributed by atoms with van der Waals surface area (Å²) in [5, 5.41) is -1.05. The van der Waals surface area contributed by atoms with Gasteiger partial charge in [0, 0.05) is 22.6 Å². The molecular formula is C23H19ClO4S. The summed E-state index contributed by atoms with van der Waals surface area (Å²) < 4.78 is 26.6. The second-order valence-corrected chi connectivity index (χ2v) is 9.28. The van der Waals surface area contributed by atoms with Gasteiger partial charge >= 0.3 is 0 Å². The van der Waals surface area contributed by atoms with Gasteiger partial charge in [0.1, 0.15) is 5.25 Å². The molecule has 0 N–H and O–H groups in total. The molecule has 0 unspecified atom stereocenters. The van der Waals surface area contributed by atoms with Crippen molar-refractivity contribution in [1.29, 1.82) is 0 Å². The predicted molar refractivity (Wildman–Crippen MR) is 113 cm³/mol. The van der Waals surface area contributed by atoms with Gasteiger partial charge in [-0.3, -0.25) is 9.59 Å². The lowest BCUT2D eigenvalue weighted by Crippen LogP contribution is -2.33.